The standard InChI is InChI=1S/C11H12F3NO3S/c1-17-9-3-2-7(6-8(9)15)10(16)18-4-5-19-11(12,13)14/h2-3,6H,4-5,15H2,1H3. The van der Waals surface area contributed by atoms with E-state index in [0.29, 0.717) is 5.75 Å². The van der Waals surface area contributed by atoms with E-state index in [2.05, 4.69) is 0 Å². The molecule has 0 saturated heterocycles. The highest BCUT2D eigenvalue weighted by Crippen LogP contribution is 2.29. The molecule has 0 saturated carbocycles. The van der Waals surface area contributed by atoms with E-state index in [1.807, 2.05) is 0 Å². The molecule has 0 bridgehead atoms. The molecule has 0 aromatic heterocycles. The summed E-state index contributed by atoms with van der Waals surface area (Å²) in [5.74, 6) is -0.665. The summed E-state index contributed by atoms with van der Waals surface area (Å²) in [5.41, 5.74) is 1.69. The average Bonchev–Trinajstić information content (AvgIpc) is 2.33. The van der Waals surface area contributed by atoms with Gasteiger partial charge in [0.1, 0.15) is 12.4 Å². The summed E-state index contributed by atoms with van der Waals surface area (Å²) in [7, 11) is 1.43. The van der Waals surface area contributed by atoms with E-state index in [4.69, 9.17) is 15.2 Å². The van der Waals surface area contributed by atoms with Crippen molar-refractivity contribution in [2.24, 2.45) is 0 Å². The van der Waals surface area contributed by atoms with E-state index in [9.17, 15) is 18.0 Å². The van der Waals surface area contributed by atoms with Crippen LogP contribution < -0.4 is 10.5 Å². The number of anilines is 1. The normalized spacial score (nSPS) is 11.2. The largest absolute Gasteiger partial charge is 0.495 e. The highest BCUT2D eigenvalue weighted by Gasteiger charge is 2.27. The first-order valence-electron chi connectivity index (χ1n) is 5.15. The Balaban J connectivity index is 2.48. The second-order valence-corrected chi connectivity index (χ2v) is 4.55. The number of alkyl halides is 3. The van der Waals surface area contributed by atoms with Gasteiger partial charge in [0.15, 0.2) is 0 Å². The zero-order valence-corrected chi connectivity index (χ0v) is 10.8. The number of esters is 1. The molecule has 0 radical (unpaired) electrons. The monoisotopic (exact) mass is 295 g/mol. The summed E-state index contributed by atoms with van der Waals surface area (Å²) < 4.78 is 45.1. The van der Waals surface area contributed by atoms with E-state index in [-0.39, 0.29) is 35.4 Å². The molecule has 0 spiro atoms. The third-order valence-corrected chi connectivity index (χ3v) is 2.75. The van der Waals surface area contributed by atoms with Crippen LogP contribution >= 0.6 is 11.8 Å². The molecule has 1 aromatic carbocycles. The van der Waals surface area contributed by atoms with Crippen LogP contribution in [0.4, 0.5) is 18.9 Å². The molecule has 1 rings (SSSR count). The lowest BCUT2D eigenvalue weighted by Gasteiger charge is -2.08. The van der Waals surface area contributed by atoms with Gasteiger partial charge in [-0.25, -0.2) is 4.79 Å². The predicted octanol–water partition coefficient (Wildman–Crippen LogP) is 2.69. The van der Waals surface area contributed by atoms with Crippen molar-refractivity contribution >= 4 is 23.4 Å². The molecule has 0 fully saturated rings. The second-order valence-electron chi connectivity index (χ2n) is 3.39. The first-order chi connectivity index (χ1) is 8.83. The van der Waals surface area contributed by atoms with Crippen molar-refractivity contribution in [1.82, 2.24) is 0 Å². The Morgan fingerprint density at radius 1 is 1.42 bits per heavy atom. The Morgan fingerprint density at radius 3 is 2.63 bits per heavy atom. The summed E-state index contributed by atoms with van der Waals surface area (Å²) in [5, 5.41) is 0. The highest BCUT2D eigenvalue weighted by atomic mass is 32.2. The van der Waals surface area contributed by atoms with Gasteiger partial charge in [-0.2, -0.15) is 13.2 Å². The molecule has 8 heteroatoms. The van der Waals surface area contributed by atoms with Gasteiger partial charge in [0.2, 0.25) is 0 Å². The van der Waals surface area contributed by atoms with Crippen LogP contribution in [0.1, 0.15) is 10.4 Å². The van der Waals surface area contributed by atoms with Crippen LogP contribution in [-0.4, -0.2) is 30.9 Å². The van der Waals surface area contributed by atoms with Crippen molar-refractivity contribution in [2.45, 2.75) is 5.51 Å². The van der Waals surface area contributed by atoms with E-state index < -0.39 is 11.5 Å². The molecule has 19 heavy (non-hydrogen) atoms. The molecular weight excluding hydrogens is 283 g/mol. The molecular formula is C11H12F3NO3S. The van der Waals surface area contributed by atoms with Crippen molar-refractivity contribution in [2.75, 3.05) is 25.2 Å². The molecule has 2 N–H and O–H groups in total. The van der Waals surface area contributed by atoms with Crippen LogP contribution in [0.15, 0.2) is 18.2 Å². The van der Waals surface area contributed by atoms with Crippen molar-refractivity contribution in [3.8, 4) is 5.75 Å². The molecule has 106 valence electrons. The van der Waals surface area contributed by atoms with Gasteiger partial charge in [-0.3, -0.25) is 0 Å². The molecule has 0 aliphatic carbocycles. The summed E-state index contributed by atoms with van der Waals surface area (Å²) in [6.07, 6.45) is 0. The molecule has 0 unspecified atom stereocenters. The minimum Gasteiger partial charge on any atom is -0.495 e. The quantitative estimate of drug-likeness (QED) is 0.514. The topological polar surface area (TPSA) is 61.5 Å². The van der Waals surface area contributed by atoms with Gasteiger partial charge in [-0.1, -0.05) is 0 Å². The van der Waals surface area contributed by atoms with E-state index in [1.165, 1.54) is 25.3 Å². The fourth-order valence-corrected chi connectivity index (χ4v) is 1.63. The lowest BCUT2D eigenvalue weighted by Crippen LogP contribution is -2.11. The minimum atomic E-state index is -4.32. The van der Waals surface area contributed by atoms with Gasteiger partial charge in [-0.15, -0.1) is 0 Å². The van der Waals surface area contributed by atoms with Crippen LogP contribution in [0.25, 0.3) is 0 Å². The van der Waals surface area contributed by atoms with Crippen LogP contribution in [0.2, 0.25) is 0 Å². The maximum absolute atomic E-state index is 11.8. The van der Waals surface area contributed by atoms with Gasteiger partial charge < -0.3 is 15.2 Å². The fourth-order valence-electron chi connectivity index (χ4n) is 1.24. The number of carbonyl (C=O) groups excluding carboxylic acids is 1. The van der Waals surface area contributed by atoms with E-state index in [0.717, 1.165) is 0 Å². The molecule has 0 amide bonds. The molecule has 4 nitrogen and oxygen atoms in total. The number of methoxy groups -OCH3 is 1. The number of carbonyl (C=O) groups is 1. The number of rotatable bonds is 5. The molecule has 0 aliphatic heterocycles. The third-order valence-electron chi connectivity index (χ3n) is 2.05. The van der Waals surface area contributed by atoms with Crippen molar-refractivity contribution in [3.63, 3.8) is 0 Å². The van der Waals surface area contributed by atoms with E-state index in [1.54, 1.807) is 0 Å². The molecule has 0 atom stereocenters. The first kappa shape index (κ1) is 15.5. The van der Waals surface area contributed by atoms with Crippen LogP contribution in [0.5, 0.6) is 5.75 Å². The summed E-state index contributed by atoms with van der Waals surface area (Å²) in [4.78, 5) is 11.5. The number of nitrogens with two attached hydrogens (primary N) is 1. The molecule has 1 aromatic rings. The van der Waals surface area contributed by atoms with Gasteiger partial charge in [0, 0.05) is 5.75 Å². The maximum Gasteiger partial charge on any atom is 0.441 e. The zero-order chi connectivity index (χ0) is 14.5. The average molecular weight is 295 g/mol. The first-order valence-corrected chi connectivity index (χ1v) is 6.13. The fraction of sp³-hybridized carbons (Fsp3) is 0.364. The SMILES string of the molecule is COc1ccc(C(=O)OCCSC(F)(F)F)cc1N. The summed E-state index contributed by atoms with van der Waals surface area (Å²) >= 11 is -0.242. The number of hydrogen-bond donors (Lipinski definition) is 1. The molecule has 0 heterocycles. The number of halogens is 3. The molecule has 0 aliphatic rings. The van der Waals surface area contributed by atoms with Crippen LogP contribution in [0.3, 0.4) is 0 Å². The number of ether oxygens (including phenoxy) is 2. The highest BCUT2D eigenvalue weighted by molar-refractivity contribution is 8.00. The number of hydrogen-bond acceptors (Lipinski definition) is 5. The Kier molecular flexibility index (Phi) is 5.34. The number of nitrogen functional groups attached to an aromatic ring is 1. The van der Waals surface area contributed by atoms with Crippen LogP contribution in [-0.2, 0) is 4.74 Å². The Labute approximate surface area is 112 Å². The van der Waals surface area contributed by atoms with Gasteiger partial charge >= 0.3 is 11.5 Å². The Bertz CT molecular complexity index is 451. The smallest absolute Gasteiger partial charge is 0.441 e. The van der Waals surface area contributed by atoms with Crippen LogP contribution in [0, 0.1) is 0 Å². The van der Waals surface area contributed by atoms with Gasteiger partial charge in [0.05, 0.1) is 18.4 Å². The predicted molar refractivity (Wildman–Crippen MR) is 66.2 cm³/mol. The zero-order valence-electron chi connectivity index (χ0n) is 9.99. The van der Waals surface area contributed by atoms with E-state index >= 15 is 0 Å². The Morgan fingerprint density at radius 2 is 2.11 bits per heavy atom. The summed E-state index contributed by atoms with van der Waals surface area (Å²) in [6.45, 7) is -0.324. The second kappa shape index (κ2) is 6.55. The van der Waals surface area contributed by atoms with Gasteiger partial charge in [0.25, 0.3) is 0 Å². The lowest BCUT2D eigenvalue weighted by molar-refractivity contribution is -0.0331. The van der Waals surface area contributed by atoms with Crippen molar-refractivity contribution in [3.05, 3.63) is 23.8 Å². The minimum absolute atomic E-state index is 0.162. The van der Waals surface area contributed by atoms with Gasteiger partial charge in [-0.05, 0) is 30.0 Å². The lowest BCUT2D eigenvalue weighted by atomic mass is 10.2. The third kappa shape index (κ3) is 5.29. The van der Waals surface area contributed by atoms with Crippen molar-refractivity contribution in [1.29, 1.82) is 0 Å². The number of thioether (sulfide) groups is 1. The maximum atomic E-state index is 11.8. The Hall–Kier alpha value is -1.57. The van der Waals surface area contributed by atoms with Crippen molar-refractivity contribution < 1.29 is 27.4 Å². The number of benzene rings is 1. The summed E-state index contributed by atoms with van der Waals surface area (Å²) in [6, 6.07) is 4.25.